The quantitative estimate of drug-likeness (QED) is 0.445. The Hall–Kier alpha value is -3.49. The predicted octanol–water partition coefficient (Wildman–Crippen LogP) is 5.25. The average Bonchev–Trinajstić information content (AvgIpc) is 2.74. The lowest BCUT2D eigenvalue weighted by Crippen LogP contribution is -2.07. The van der Waals surface area contributed by atoms with Crippen LogP contribution in [0.15, 0.2) is 67.0 Å². The molecule has 0 fully saturated rings. The third kappa shape index (κ3) is 5.28. The molecule has 2 atom stereocenters. The maximum atomic E-state index is 12.6. The molecule has 2 unspecified atom stereocenters. The maximum absolute atomic E-state index is 12.6. The van der Waals surface area contributed by atoms with Gasteiger partial charge >= 0.3 is 0 Å². The number of carbonyl (C=O) groups is 1. The lowest BCUT2D eigenvalue weighted by atomic mass is 10.0. The van der Waals surface area contributed by atoms with E-state index in [0.717, 1.165) is 16.7 Å². The Kier molecular flexibility index (Phi) is 6.38. The van der Waals surface area contributed by atoms with Crippen molar-refractivity contribution in [1.82, 2.24) is 4.98 Å². The van der Waals surface area contributed by atoms with Gasteiger partial charge in [-0.2, -0.15) is 0 Å². The van der Waals surface area contributed by atoms with Gasteiger partial charge in [0, 0.05) is 18.2 Å². The number of ether oxygens (including phenoxy) is 1. The number of aromatic nitrogens is 1. The molecule has 146 valence electrons. The first-order valence-corrected chi connectivity index (χ1v) is 9.35. The van der Waals surface area contributed by atoms with E-state index in [0.29, 0.717) is 17.0 Å². The molecular formula is C24H22N2O3. The molecule has 0 spiro atoms. The summed E-state index contributed by atoms with van der Waals surface area (Å²) in [5, 5.41) is 9.62. The molecule has 0 aliphatic carbocycles. The summed E-state index contributed by atoms with van der Waals surface area (Å²) < 4.78 is 5.96. The number of aliphatic hydroxyl groups excluding tert-OH is 1. The minimum atomic E-state index is -0.510. The number of ketones is 1. The van der Waals surface area contributed by atoms with Crippen molar-refractivity contribution in [2.45, 2.75) is 32.5 Å². The van der Waals surface area contributed by atoms with Crippen LogP contribution in [0.2, 0.25) is 0 Å². The highest BCUT2D eigenvalue weighted by molar-refractivity contribution is 5.97. The second-order valence-electron chi connectivity index (χ2n) is 6.89. The maximum Gasteiger partial charge on any atom is 0.187 e. The van der Waals surface area contributed by atoms with Gasteiger partial charge in [-0.15, -0.1) is 0 Å². The molecule has 1 heterocycles. The Morgan fingerprint density at radius 2 is 1.72 bits per heavy atom. The van der Waals surface area contributed by atoms with E-state index in [2.05, 4.69) is 9.83 Å². The summed E-state index contributed by atoms with van der Waals surface area (Å²) in [7, 11) is 0. The highest BCUT2D eigenvalue weighted by Crippen LogP contribution is 2.24. The van der Waals surface area contributed by atoms with Gasteiger partial charge in [-0.25, -0.2) is 4.85 Å². The fraction of sp³-hybridized carbons (Fsp3) is 0.208. The van der Waals surface area contributed by atoms with Gasteiger partial charge in [-0.1, -0.05) is 48.5 Å². The van der Waals surface area contributed by atoms with Crippen molar-refractivity contribution in [2.75, 3.05) is 0 Å². The monoisotopic (exact) mass is 386 g/mol. The van der Waals surface area contributed by atoms with Crippen LogP contribution in [0.25, 0.3) is 4.85 Å². The van der Waals surface area contributed by atoms with Crippen molar-refractivity contribution in [2.24, 2.45) is 0 Å². The summed E-state index contributed by atoms with van der Waals surface area (Å²) in [6.45, 7) is 10.6. The standard InChI is InChI=1S/C24H22N2O3/c1-16(27)19-6-8-20(9-7-19)17(2)29-23-13-21(14-26-15-23)24(28)12-18-4-10-22(25-3)11-5-18/h4-11,13-17,27H,12H2,1-2H3. The highest BCUT2D eigenvalue weighted by Gasteiger charge is 2.12. The molecule has 1 N–H and O–H groups in total. The van der Waals surface area contributed by atoms with Gasteiger partial charge in [0.05, 0.1) is 18.9 Å². The number of hydrogen-bond donors (Lipinski definition) is 1. The number of nitrogens with zero attached hydrogens (tertiary/aromatic N) is 2. The van der Waals surface area contributed by atoms with Crippen LogP contribution in [-0.4, -0.2) is 15.9 Å². The van der Waals surface area contributed by atoms with Crippen molar-refractivity contribution >= 4 is 11.5 Å². The van der Waals surface area contributed by atoms with E-state index in [1.54, 1.807) is 43.5 Å². The van der Waals surface area contributed by atoms with Gasteiger partial charge in [0.2, 0.25) is 0 Å². The lowest BCUT2D eigenvalue weighted by Gasteiger charge is -2.16. The molecule has 1 aromatic heterocycles. The number of hydrogen-bond acceptors (Lipinski definition) is 4. The Morgan fingerprint density at radius 1 is 1.07 bits per heavy atom. The minimum Gasteiger partial charge on any atom is -0.484 e. The summed E-state index contributed by atoms with van der Waals surface area (Å²) in [6, 6.07) is 16.3. The minimum absolute atomic E-state index is 0.0625. The predicted molar refractivity (Wildman–Crippen MR) is 111 cm³/mol. The van der Waals surface area contributed by atoms with Gasteiger partial charge in [-0.05, 0) is 36.6 Å². The van der Waals surface area contributed by atoms with E-state index in [1.165, 1.54) is 6.20 Å². The van der Waals surface area contributed by atoms with Crippen molar-refractivity contribution in [1.29, 1.82) is 0 Å². The summed E-state index contributed by atoms with van der Waals surface area (Å²) in [6.07, 6.45) is 2.61. The molecule has 0 radical (unpaired) electrons. The molecule has 0 amide bonds. The Bertz CT molecular complexity index is 1020. The molecule has 0 aliphatic rings. The van der Waals surface area contributed by atoms with Crippen LogP contribution in [0.1, 0.15) is 53.1 Å². The molecule has 0 saturated heterocycles. The zero-order valence-corrected chi connectivity index (χ0v) is 16.4. The third-order valence-electron chi connectivity index (χ3n) is 4.67. The molecule has 5 heteroatoms. The fourth-order valence-electron chi connectivity index (χ4n) is 2.93. The number of benzene rings is 2. The van der Waals surface area contributed by atoms with E-state index >= 15 is 0 Å². The number of pyridine rings is 1. The van der Waals surface area contributed by atoms with Gasteiger partial charge in [0.15, 0.2) is 11.5 Å². The number of rotatable bonds is 7. The van der Waals surface area contributed by atoms with Crippen molar-refractivity contribution in [3.8, 4) is 5.75 Å². The molecule has 0 aliphatic heterocycles. The van der Waals surface area contributed by atoms with Gasteiger partial charge in [-0.3, -0.25) is 9.78 Å². The number of Topliss-reactive ketones (excluding diaryl/α,β-unsaturated/α-hetero) is 1. The molecule has 3 rings (SSSR count). The molecule has 29 heavy (non-hydrogen) atoms. The first kappa shape index (κ1) is 20.2. The van der Waals surface area contributed by atoms with Crippen LogP contribution in [0, 0.1) is 6.57 Å². The lowest BCUT2D eigenvalue weighted by molar-refractivity contribution is 0.0991. The van der Waals surface area contributed by atoms with E-state index in [1.807, 2.05) is 31.2 Å². The summed E-state index contributed by atoms with van der Waals surface area (Å²) in [5.41, 5.74) is 3.69. The van der Waals surface area contributed by atoms with E-state index in [-0.39, 0.29) is 18.3 Å². The topological polar surface area (TPSA) is 63.8 Å². The SMILES string of the molecule is [C-]#[N+]c1ccc(CC(=O)c2cncc(OC(C)c3ccc(C(C)O)cc3)c2)cc1. The van der Waals surface area contributed by atoms with Gasteiger partial charge in [0.25, 0.3) is 0 Å². The molecular weight excluding hydrogens is 364 g/mol. The van der Waals surface area contributed by atoms with Crippen LogP contribution in [0.5, 0.6) is 5.75 Å². The summed E-state index contributed by atoms with van der Waals surface area (Å²) >= 11 is 0. The third-order valence-corrected chi connectivity index (χ3v) is 4.67. The van der Waals surface area contributed by atoms with E-state index < -0.39 is 6.10 Å². The number of aliphatic hydroxyl groups is 1. The van der Waals surface area contributed by atoms with E-state index in [9.17, 15) is 9.90 Å². The summed E-state index contributed by atoms with van der Waals surface area (Å²) in [5.74, 6) is 0.457. The zero-order valence-electron chi connectivity index (χ0n) is 16.4. The van der Waals surface area contributed by atoms with Crippen LogP contribution < -0.4 is 4.74 Å². The van der Waals surface area contributed by atoms with Gasteiger partial charge in [0.1, 0.15) is 11.9 Å². The normalized spacial score (nSPS) is 12.6. The molecule has 0 bridgehead atoms. The Labute approximate surface area is 170 Å². The summed E-state index contributed by atoms with van der Waals surface area (Å²) in [4.78, 5) is 20.1. The largest absolute Gasteiger partial charge is 0.484 e. The first-order chi connectivity index (χ1) is 14.0. The van der Waals surface area contributed by atoms with Gasteiger partial charge < -0.3 is 9.84 Å². The Balaban J connectivity index is 1.68. The first-order valence-electron chi connectivity index (χ1n) is 9.35. The van der Waals surface area contributed by atoms with Crippen LogP contribution >= 0.6 is 0 Å². The second kappa shape index (κ2) is 9.13. The molecule has 2 aromatic carbocycles. The zero-order chi connectivity index (χ0) is 20.8. The molecule has 3 aromatic rings. The molecule has 5 nitrogen and oxygen atoms in total. The van der Waals surface area contributed by atoms with Crippen LogP contribution in [-0.2, 0) is 6.42 Å². The average molecular weight is 386 g/mol. The second-order valence-corrected chi connectivity index (χ2v) is 6.89. The Morgan fingerprint density at radius 3 is 2.34 bits per heavy atom. The van der Waals surface area contributed by atoms with Crippen molar-refractivity contribution in [3.63, 3.8) is 0 Å². The number of carbonyl (C=O) groups excluding carboxylic acids is 1. The van der Waals surface area contributed by atoms with Crippen LogP contribution in [0.4, 0.5) is 5.69 Å². The molecule has 0 saturated carbocycles. The fourth-order valence-corrected chi connectivity index (χ4v) is 2.93. The van der Waals surface area contributed by atoms with Crippen molar-refractivity contribution < 1.29 is 14.6 Å². The van der Waals surface area contributed by atoms with E-state index in [4.69, 9.17) is 11.3 Å². The highest BCUT2D eigenvalue weighted by atomic mass is 16.5. The smallest absolute Gasteiger partial charge is 0.187 e. The van der Waals surface area contributed by atoms with Crippen LogP contribution in [0.3, 0.4) is 0 Å². The van der Waals surface area contributed by atoms with Crippen molar-refractivity contribution in [3.05, 3.63) is 101 Å².